The molecule has 1 aromatic heterocycles. The highest BCUT2D eigenvalue weighted by Gasteiger charge is 2.14. The van der Waals surface area contributed by atoms with E-state index in [1.807, 2.05) is 0 Å². The van der Waals surface area contributed by atoms with Gasteiger partial charge in [0.15, 0.2) is 0 Å². The third-order valence-corrected chi connectivity index (χ3v) is 2.34. The maximum absolute atomic E-state index is 13.6. The predicted molar refractivity (Wildman–Crippen MR) is 60.9 cm³/mol. The molecule has 0 bridgehead atoms. The number of aromatic nitrogens is 2. The number of hydrogen-bond donors (Lipinski definition) is 2. The van der Waals surface area contributed by atoms with Crippen LogP contribution in [0, 0.1) is 18.6 Å². The molecular weight excluding hydrogens is 226 g/mol. The molecule has 0 aliphatic heterocycles. The lowest BCUT2D eigenvalue weighted by molar-refractivity contribution is 0.585. The van der Waals surface area contributed by atoms with Crippen LogP contribution in [0.2, 0.25) is 0 Å². The molecule has 0 unspecified atom stereocenters. The van der Waals surface area contributed by atoms with Gasteiger partial charge in [-0.3, -0.25) is 0 Å². The predicted octanol–water partition coefficient (Wildman–Crippen LogP) is 1.89. The highest BCUT2D eigenvalue weighted by molar-refractivity contribution is 5.76. The van der Waals surface area contributed by atoms with E-state index in [0.717, 1.165) is 12.1 Å². The standard InChI is InChI=1S/C11H10F2N4/c1-5-9(10(14)17-11(15)16-5)7-3-2-6(12)4-8(7)13/h2-4H,1H3,(H4,14,15,16,17). The van der Waals surface area contributed by atoms with Gasteiger partial charge in [0.2, 0.25) is 5.95 Å². The summed E-state index contributed by atoms with van der Waals surface area (Å²) in [6, 6.07) is 3.22. The van der Waals surface area contributed by atoms with E-state index in [1.165, 1.54) is 6.07 Å². The lowest BCUT2D eigenvalue weighted by Crippen LogP contribution is -2.05. The van der Waals surface area contributed by atoms with Crippen LogP contribution in [0.25, 0.3) is 11.1 Å². The Balaban J connectivity index is 2.68. The second-order valence-electron chi connectivity index (χ2n) is 3.55. The fourth-order valence-corrected chi connectivity index (χ4v) is 1.64. The van der Waals surface area contributed by atoms with Gasteiger partial charge in [-0.25, -0.2) is 13.8 Å². The maximum Gasteiger partial charge on any atom is 0.222 e. The molecule has 0 aliphatic carbocycles. The summed E-state index contributed by atoms with van der Waals surface area (Å²) in [7, 11) is 0. The number of rotatable bonds is 1. The van der Waals surface area contributed by atoms with Crippen molar-refractivity contribution < 1.29 is 8.78 Å². The number of aryl methyl sites for hydroxylation is 1. The van der Waals surface area contributed by atoms with Crippen LogP contribution in [0.4, 0.5) is 20.5 Å². The van der Waals surface area contributed by atoms with E-state index in [0.29, 0.717) is 11.3 Å². The number of nitrogen functional groups attached to an aromatic ring is 2. The topological polar surface area (TPSA) is 77.8 Å². The summed E-state index contributed by atoms with van der Waals surface area (Å²) >= 11 is 0. The first-order chi connectivity index (χ1) is 7.99. The Hall–Kier alpha value is -2.24. The zero-order valence-electron chi connectivity index (χ0n) is 9.04. The lowest BCUT2D eigenvalue weighted by Gasteiger charge is -2.09. The minimum Gasteiger partial charge on any atom is -0.383 e. The summed E-state index contributed by atoms with van der Waals surface area (Å²) in [4.78, 5) is 7.66. The van der Waals surface area contributed by atoms with Crippen LogP contribution in [-0.2, 0) is 0 Å². The minimum absolute atomic E-state index is 0.0197. The SMILES string of the molecule is Cc1nc(N)nc(N)c1-c1ccc(F)cc1F. The molecule has 2 aromatic rings. The molecule has 6 heteroatoms. The van der Waals surface area contributed by atoms with Crippen LogP contribution in [0.3, 0.4) is 0 Å². The molecule has 1 aromatic carbocycles. The largest absolute Gasteiger partial charge is 0.383 e. The second kappa shape index (κ2) is 3.97. The van der Waals surface area contributed by atoms with Gasteiger partial charge in [-0.05, 0) is 19.1 Å². The summed E-state index contributed by atoms with van der Waals surface area (Å²) in [5.41, 5.74) is 12.0. The molecular formula is C11H10F2N4. The summed E-state index contributed by atoms with van der Waals surface area (Å²) in [5, 5.41) is 0. The highest BCUT2D eigenvalue weighted by atomic mass is 19.1. The Morgan fingerprint density at radius 3 is 2.41 bits per heavy atom. The molecule has 2 rings (SSSR count). The fraction of sp³-hybridized carbons (Fsp3) is 0.0909. The van der Waals surface area contributed by atoms with Gasteiger partial charge in [0, 0.05) is 17.2 Å². The van der Waals surface area contributed by atoms with E-state index in [2.05, 4.69) is 9.97 Å². The van der Waals surface area contributed by atoms with E-state index in [-0.39, 0.29) is 17.3 Å². The van der Waals surface area contributed by atoms with Gasteiger partial charge < -0.3 is 11.5 Å². The zero-order valence-corrected chi connectivity index (χ0v) is 9.04. The average Bonchev–Trinajstić information content (AvgIpc) is 2.19. The van der Waals surface area contributed by atoms with Crippen molar-refractivity contribution in [1.82, 2.24) is 9.97 Å². The Kier molecular flexibility index (Phi) is 2.63. The molecule has 0 spiro atoms. The van der Waals surface area contributed by atoms with E-state index >= 15 is 0 Å². The van der Waals surface area contributed by atoms with Crippen molar-refractivity contribution >= 4 is 11.8 Å². The van der Waals surface area contributed by atoms with Gasteiger partial charge in [0.05, 0.1) is 5.69 Å². The summed E-state index contributed by atoms with van der Waals surface area (Å²) in [6.07, 6.45) is 0. The lowest BCUT2D eigenvalue weighted by atomic mass is 10.0. The monoisotopic (exact) mass is 236 g/mol. The van der Waals surface area contributed by atoms with Crippen molar-refractivity contribution in [2.75, 3.05) is 11.5 Å². The Morgan fingerprint density at radius 2 is 1.82 bits per heavy atom. The van der Waals surface area contributed by atoms with Gasteiger partial charge in [-0.1, -0.05) is 0 Å². The first kappa shape index (κ1) is 11.3. The van der Waals surface area contributed by atoms with E-state index < -0.39 is 11.6 Å². The number of anilines is 2. The van der Waals surface area contributed by atoms with Gasteiger partial charge in [0.25, 0.3) is 0 Å². The first-order valence-electron chi connectivity index (χ1n) is 4.84. The van der Waals surface area contributed by atoms with Gasteiger partial charge in [0.1, 0.15) is 17.5 Å². The molecule has 17 heavy (non-hydrogen) atoms. The molecule has 0 saturated heterocycles. The molecule has 0 fully saturated rings. The molecule has 0 radical (unpaired) electrons. The quantitative estimate of drug-likeness (QED) is 0.792. The van der Waals surface area contributed by atoms with Crippen molar-refractivity contribution in [3.63, 3.8) is 0 Å². The van der Waals surface area contributed by atoms with Crippen LogP contribution < -0.4 is 11.5 Å². The normalized spacial score (nSPS) is 10.5. The molecule has 0 atom stereocenters. The zero-order chi connectivity index (χ0) is 12.6. The van der Waals surface area contributed by atoms with Crippen LogP contribution in [0.1, 0.15) is 5.69 Å². The molecule has 0 saturated carbocycles. The van der Waals surface area contributed by atoms with Gasteiger partial charge in [-0.2, -0.15) is 4.98 Å². The third-order valence-electron chi connectivity index (χ3n) is 2.34. The van der Waals surface area contributed by atoms with Crippen LogP contribution in [0.15, 0.2) is 18.2 Å². The van der Waals surface area contributed by atoms with Crippen molar-refractivity contribution in [2.24, 2.45) is 0 Å². The summed E-state index contributed by atoms with van der Waals surface area (Å²) < 4.78 is 26.4. The van der Waals surface area contributed by atoms with Crippen LogP contribution in [-0.4, -0.2) is 9.97 Å². The number of hydrogen-bond acceptors (Lipinski definition) is 4. The van der Waals surface area contributed by atoms with Gasteiger partial charge >= 0.3 is 0 Å². The van der Waals surface area contributed by atoms with Crippen molar-refractivity contribution in [1.29, 1.82) is 0 Å². The molecule has 0 aliphatic rings. The van der Waals surface area contributed by atoms with E-state index in [4.69, 9.17) is 11.5 Å². The molecule has 4 nitrogen and oxygen atoms in total. The van der Waals surface area contributed by atoms with Crippen LogP contribution >= 0.6 is 0 Å². The number of nitrogens with zero attached hydrogens (tertiary/aromatic N) is 2. The fourth-order valence-electron chi connectivity index (χ4n) is 1.64. The average molecular weight is 236 g/mol. The molecule has 88 valence electrons. The second-order valence-corrected chi connectivity index (χ2v) is 3.55. The van der Waals surface area contributed by atoms with Gasteiger partial charge in [-0.15, -0.1) is 0 Å². The summed E-state index contributed by atoms with van der Waals surface area (Å²) in [6.45, 7) is 1.63. The van der Waals surface area contributed by atoms with E-state index in [9.17, 15) is 8.78 Å². The molecule has 1 heterocycles. The Labute approximate surface area is 96.3 Å². The van der Waals surface area contributed by atoms with Crippen molar-refractivity contribution in [2.45, 2.75) is 6.92 Å². The van der Waals surface area contributed by atoms with Crippen molar-refractivity contribution in [3.8, 4) is 11.1 Å². The summed E-state index contributed by atoms with van der Waals surface area (Å²) in [5.74, 6) is -1.28. The Bertz CT molecular complexity index is 561. The van der Waals surface area contributed by atoms with Crippen LogP contribution in [0.5, 0.6) is 0 Å². The molecule has 4 N–H and O–H groups in total. The first-order valence-corrected chi connectivity index (χ1v) is 4.84. The highest BCUT2D eigenvalue weighted by Crippen LogP contribution is 2.30. The Morgan fingerprint density at radius 1 is 1.12 bits per heavy atom. The van der Waals surface area contributed by atoms with Crippen molar-refractivity contribution in [3.05, 3.63) is 35.5 Å². The maximum atomic E-state index is 13.6. The number of benzene rings is 1. The van der Waals surface area contributed by atoms with E-state index in [1.54, 1.807) is 6.92 Å². The third kappa shape index (κ3) is 2.01. The minimum atomic E-state index is -0.715. The molecule has 0 amide bonds. The smallest absolute Gasteiger partial charge is 0.222 e. The number of nitrogens with two attached hydrogens (primary N) is 2. The number of halogens is 2.